The van der Waals surface area contributed by atoms with Crippen LogP contribution in [0.25, 0.3) is 0 Å². The molecule has 1 aliphatic rings. The van der Waals surface area contributed by atoms with Crippen LogP contribution in [-0.4, -0.2) is 26.0 Å². The Labute approximate surface area is 67.9 Å². The van der Waals surface area contributed by atoms with Gasteiger partial charge < -0.3 is 15.2 Å². The van der Waals surface area contributed by atoms with Gasteiger partial charge in [0.05, 0.1) is 0 Å². The third-order valence-corrected chi connectivity index (χ3v) is 2.45. The van der Waals surface area contributed by atoms with Crippen molar-refractivity contribution >= 4 is 0 Å². The van der Waals surface area contributed by atoms with E-state index in [1.165, 1.54) is 0 Å². The largest absolute Gasteiger partial charge is 0.353 e. The van der Waals surface area contributed by atoms with Gasteiger partial charge in [-0.3, -0.25) is 0 Å². The van der Waals surface area contributed by atoms with E-state index >= 15 is 0 Å². The molecular weight excluding hydrogens is 142 g/mol. The lowest BCUT2D eigenvalue weighted by molar-refractivity contribution is -0.225. The van der Waals surface area contributed by atoms with Gasteiger partial charge in [0, 0.05) is 33.1 Å². The molecule has 0 aromatic rings. The summed E-state index contributed by atoms with van der Waals surface area (Å²) in [5, 5.41) is 0. The van der Waals surface area contributed by atoms with Crippen molar-refractivity contribution in [3.63, 3.8) is 0 Å². The van der Waals surface area contributed by atoms with Crippen molar-refractivity contribution < 1.29 is 9.47 Å². The molecule has 11 heavy (non-hydrogen) atoms. The first-order valence-corrected chi connectivity index (χ1v) is 4.08. The summed E-state index contributed by atoms with van der Waals surface area (Å²) in [7, 11) is 3.36. The van der Waals surface area contributed by atoms with E-state index in [-0.39, 0.29) is 6.04 Å². The van der Waals surface area contributed by atoms with Crippen molar-refractivity contribution in [3.05, 3.63) is 0 Å². The van der Waals surface area contributed by atoms with E-state index in [1.54, 1.807) is 14.2 Å². The van der Waals surface area contributed by atoms with E-state index in [1.807, 2.05) is 0 Å². The lowest BCUT2D eigenvalue weighted by Crippen LogP contribution is -2.44. The molecule has 1 atom stereocenters. The van der Waals surface area contributed by atoms with Gasteiger partial charge in [0.1, 0.15) is 0 Å². The number of nitrogens with two attached hydrogens (primary N) is 1. The third kappa shape index (κ3) is 1.92. The van der Waals surface area contributed by atoms with Crippen LogP contribution in [0.4, 0.5) is 0 Å². The van der Waals surface area contributed by atoms with Gasteiger partial charge in [-0.05, 0) is 12.8 Å². The van der Waals surface area contributed by atoms with Crippen molar-refractivity contribution in [2.75, 3.05) is 14.2 Å². The zero-order valence-electron chi connectivity index (χ0n) is 7.30. The van der Waals surface area contributed by atoms with Gasteiger partial charge >= 0.3 is 0 Å². The number of hydrogen-bond acceptors (Lipinski definition) is 3. The predicted octanol–water partition coefficient (Wildman–Crippen LogP) is 0.877. The fourth-order valence-corrected chi connectivity index (χ4v) is 1.69. The maximum absolute atomic E-state index is 5.80. The lowest BCUT2D eigenvalue weighted by Gasteiger charge is -2.37. The van der Waals surface area contributed by atoms with Crippen molar-refractivity contribution in [1.29, 1.82) is 0 Å². The fourth-order valence-electron chi connectivity index (χ4n) is 1.69. The molecule has 1 aliphatic carbocycles. The zero-order chi connectivity index (χ0) is 8.32. The highest BCUT2D eigenvalue weighted by Crippen LogP contribution is 2.30. The molecule has 66 valence electrons. The lowest BCUT2D eigenvalue weighted by atomic mass is 9.90. The third-order valence-electron chi connectivity index (χ3n) is 2.45. The molecule has 0 spiro atoms. The van der Waals surface area contributed by atoms with Crippen LogP contribution in [0.1, 0.15) is 25.7 Å². The summed E-state index contributed by atoms with van der Waals surface area (Å²) in [6.45, 7) is 0. The highest BCUT2D eigenvalue weighted by Gasteiger charge is 2.34. The number of rotatable bonds is 2. The second-order valence-electron chi connectivity index (χ2n) is 3.18. The van der Waals surface area contributed by atoms with E-state index in [9.17, 15) is 0 Å². The molecule has 0 saturated heterocycles. The minimum absolute atomic E-state index is 0.239. The van der Waals surface area contributed by atoms with E-state index < -0.39 is 5.79 Å². The summed E-state index contributed by atoms with van der Waals surface area (Å²) in [6, 6.07) is 0.239. The van der Waals surface area contributed by atoms with Crippen LogP contribution in [0.2, 0.25) is 0 Å². The molecule has 1 saturated carbocycles. The number of ether oxygens (including phenoxy) is 2. The van der Waals surface area contributed by atoms with Gasteiger partial charge in [-0.2, -0.15) is 0 Å². The summed E-state index contributed by atoms with van der Waals surface area (Å²) in [6.07, 6.45) is 3.98. The van der Waals surface area contributed by atoms with Crippen molar-refractivity contribution in [2.24, 2.45) is 5.73 Å². The maximum Gasteiger partial charge on any atom is 0.168 e. The fraction of sp³-hybridized carbons (Fsp3) is 1.00. The van der Waals surface area contributed by atoms with E-state index in [4.69, 9.17) is 15.2 Å². The minimum Gasteiger partial charge on any atom is -0.353 e. The molecule has 3 nitrogen and oxygen atoms in total. The van der Waals surface area contributed by atoms with Gasteiger partial charge in [-0.15, -0.1) is 0 Å². The summed E-state index contributed by atoms with van der Waals surface area (Å²) in [5.41, 5.74) is 5.80. The van der Waals surface area contributed by atoms with Crippen LogP contribution >= 0.6 is 0 Å². The van der Waals surface area contributed by atoms with Crippen LogP contribution in [0.3, 0.4) is 0 Å². The Kier molecular flexibility index (Phi) is 2.87. The molecule has 0 aromatic heterocycles. The molecule has 0 amide bonds. The van der Waals surface area contributed by atoms with Crippen LogP contribution in [0, 0.1) is 0 Å². The van der Waals surface area contributed by atoms with E-state index in [0.717, 1.165) is 25.7 Å². The number of methoxy groups -OCH3 is 2. The van der Waals surface area contributed by atoms with E-state index in [2.05, 4.69) is 0 Å². The van der Waals surface area contributed by atoms with Crippen LogP contribution in [0.15, 0.2) is 0 Å². The molecule has 1 fully saturated rings. The summed E-state index contributed by atoms with van der Waals surface area (Å²) in [4.78, 5) is 0. The highest BCUT2D eigenvalue weighted by atomic mass is 16.7. The predicted molar refractivity (Wildman–Crippen MR) is 43.2 cm³/mol. The molecular formula is C8H17NO2. The first kappa shape index (κ1) is 8.97. The van der Waals surface area contributed by atoms with Crippen LogP contribution in [-0.2, 0) is 9.47 Å². The van der Waals surface area contributed by atoms with Gasteiger partial charge in [-0.25, -0.2) is 0 Å². The molecule has 0 bridgehead atoms. The Bertz CT molecular complexity index is 123. The molecule has 3 heteroatoms. The molecule has 0 aliphatic heterocycles. The zero-order valence-corrected chi connectivity index (χ0v) is 7.30. The molecule has 0 heterocycles. The summed E-state index contributed by atoms with van der Waals surface area (Å²) < 4.78 is 10.6. The van der Waals surface area contributed by atoms with Gasteiger partial charge in [0.25, 0.3) is 0 Å². The van der Waals surface area contributed by atoms with Crippen LogP contribution in [0.5, 0.6) is 0 Å². The first-order chi connectivity index (χ1) is 5.22. The maximum atomic E-state index is 5.80. The van der Waals surface area contributed by atoms with Gasteiger partial charge in [0.15, 0.2) is 5.79 Å². The average Bonchev–Trinajstić information content (AvgIpc) is 2.04. The minimum atomic E-state index is -0.391. The molecule has 0 aromatic carbocycles. The van der Waals surface area contributed by atoms with Crippen molar-refractivity contribution in [1.82, 2.24) is 0 Å². The summed E-state index contributed by atoms with van der Waals surface area (Å²) in [5.74, 6) is -0.391. The number of hydrogen-bond donors (Lipinski definition) is 1. The Morgan fingerprint density at radius 3 is 2.36 bits per heavy atom. The Hall–Kier alpha value is -0.120. The Morgan fingerprint density at radius 1 is 1.36 bits per heavy atom. The molecule has 1 unspecified atom stereocenters. The normalized spacial score (nSPS) is 30.3. The Balaban J connectivity index is 2.52. The smallest absolute Gasteiger partial charge is 0.168 e. The summed E-state index contributed by atoms with van der Waals surface area (Å²) >= 11 is 0. The average molecular weight is 159 g/mol. The second-order valence-corrected chi connectivity index (χ2v) is 3.18. The highest BCUT2D eigenvalue weighted by molar-refractivity contribution is 4.81. The van der Waals surface area contributed by atoms with Gasteiger partial charge in [0.2, 0.25) is 0 Å². The van der Waals surface area contributed by atoms with E-state index in [0.29, 0.717) is 0 Å². The van der Waals surface area contributed by atoms with Crippen LogP contribution < -0.4 is 5.73 Å². The van der Waals surface area contributed by atoms with Gasteiger partial charge in [-0.1, -0.05) is 0 Å². The molecule has 2 N–H and O–H groups in total. The van der Waals surface area contributed by atoms with Crippen molar-refractivity contribution in [2.45, 2.75) is 37.5 Å². The monoisotopic (exact) mass is 159 g/mol. The SMILES string of the molecule is COC1(OC)CCCC(N)C1. The molecule has 1 rings (SSSR count). The Morgan fingerprint density at radius 2 is 2.00 bits per heavy atom. The standard InChI is InChI=1S/C8H17NO2/c1-10-8(11-2)5-3-4-7(9)6-8/h7H,3-6,9H2,1-2H3. The first-order valence-electron chi connectivity index (χ1n) is 4.08. The second kappa shape index (κ2) is 3.52. The van der Waals surface area contributed by atoms with Crippen molar-refractivity contribution in [3.8, 4) is 0 Å². The topological polar surface area (TPSA) is 44.5 Å². The molecule has 0 radical (unpaired) electrons. The quantitative estimate of drug-likeness (QED) is 0.608.